The molecule has 0 aliphatic heterocycles. The van der Waals surface area contributed by atoms with Crippen molar-refractivity contribution in [1.29, 1.82) is 0 Å². The zero-order valence-electron chi connectivity index (χ0n) is 6.73. The average Bonchev–Trinajstić information content (AvgIpc) is 2.03. The molecule has 1 aromatic carbocycles. The first-order valence-corrected chi connectivity index (χ1v) is 4.01. The van der Waals surface area contributed by atoms with Gasteiger partial charge in [-0.25, -0.2) is 0 Å². The number of benzene rings is 1. The van der Waals surface area contributed by atoms with Gasteiger partial charge in [-0.3, -0.25) is 0 Å². The maximum absolute atomic E-state index is 5.82. The van der Waals surface area contributed by atoms with Gasteiger partial charge in [0.1, 0.15) is 0 Å². The quantitative estimate of drug-likeness (QED) is 0.741. The summed E-state index contributed by atoms with van der Waals surface area (Å²) in [5.74, 6) is 1.04. The number of rotatable bonds is 2. The summed E-state index contributed by atoms with van der Waals surface area (Å²) < 4.78 is 10.0. The van der Waals surface area contributed by atoms with Crippen LogP contribution in [0, 0.1) is 0 Å². The molecule has 0 aliphatic rings. The summed E-state index contributed by atoms with van der Waals surface area (Å²) in [6.45, 7) is 0. The number of methoxy groups -OCH3 is 2. The predicted octanol–water partition coefficient (Wildman–Crippen LogP) is 3.01. The topological polar surface area (TPSA) is 18.5 Å². The molecule has 2 nitrogen and oxygen atoms in total. The van der Waals surface area contributed by atoms with Crippen LogP contribution in [0.4, 0.5) is 0 Å². The Balaban J connectivity index is 3.24. The normalized spacial score (nSPS) is 9.67. The molecule has 0 aliphatic carbocycles. The molecule has 0 saturated carbocycles. The molecule has 0 aromatic heterocycles. The lowest BCUT2D eigenvalue weighted by Crippen LogP contribution is -1.90. The number of hydrogen-bond donors (Lipinski definition) is 0. The van der Waals surface area contributed by atoms with E-state index in [-0.39, 0.29) is 0 Å². The Hall–Kier alpha value is -0.600. The van der Waals surface area contributed by atoms with Gasteiger partial charge in [0, 0.05) is 11.1 Å². The van der Waals surface area contributed by atoms with Crippen molar-refractivity contribution in [2.75, 3.05) is 14.2 Å². The Labute approximate surface area is 81.0 Å². The van der Waals surface area contributed by atoms with Crippen LogP contribution in [0.2, 0.25) is 10.0 Å². The molecule has 66 valence electrons. The Bertz CT molecular complexity index is 287. The summed E-state index contributed by atoms with van der Waals surface area (Å²) in [5, 5.41) is 0.972. The van der Waals surface area contributed by atoms with Gasteiger partial charge in [-0.2, -0.15) is 0 Å². The van der Waals surface area contributed by atoms with Gasteiger partial charge in [-0.15, -0.1) is 0 Å². The van der Waals surface area contributed by atoms with Crippen molar-refractivity contribution < 1.29 is 9.47 Å². The second kappa shape index (κ2) is 3.87. The summed E-state index contributed by atoms with van der Waals surface area (Å²) in [6.07, 6.45) is 0. The van der Waals surface area contributed by atoms with E-state index in [1.165, 1.54) is 14.2 Å². The van der Waals surface area contributed by atoms with Gasteiger partial charge < -0.3 is 9.47 Å². The van der Waals surface area contributed by atoms with E-state index < -0.39 is 0 Å². The molecule has 0 saturated heterocycles. The molecule has 0 radical (unpaired) electrons. The number of hydrogen-bond acceptors (Lipinski definition) is 2. The minimum absolute atomic E-state index is 0.446. The van der Waals surface area contributed by atoms with Crippen LogP contribution >= 0.6 is 23.2 Å². The summed E-state index contributed by atoms with van der Waals surface area (Å²) >= 11 is 11.6. The largest absolute Gasteiger partial charge is 0.493 e. The van der Waals surface area contributed by atoms with Gasteiger partial charge in [-0.1, -0.05) is 23.2 Å². The third-order valence-corrected chi connectivity index (χ3v) is 1.90. The van der Waals surface area contributed by atoms with Crippen LogP contribution in [-0.2, 0) is 0 Å². The van der Waals surface area contributed by atoms with Gasteiger partial charge in [0.15, 0.2) is 11.5 Å². The fraction of sp³-hybridized carbons (Fsp3) is 0.250. The first-order chi connectivity index (χ1) is 5.69. The van der Waals surface area contributed by atoms with Crippen LogP contribution < -0.4 is 9.47 Å². The zero-order chi connectivity index (χ0) is 9.14. The van der Waals surface area contributed by atoms with Gasteiger partial charge >= 0.3 is 0 Å². The van der Waals surface area contributed by atoms with E-state index in [1.54, 1.807) is 12.1 Å². The molecule has 4 heteroatoms. The summed E-state index contributed by atoms with van der Waals surface area (Å²) in [5.41, 5.74) is 0. The number of ether oxygens (including phenoxy) is 2. The molecule has 0 unspecified atom stereocenters. The molecule has 0 bridgehead atoms. The highest BCUT2D eigenvalue weighted by Gasteiger charge is 2.09. The molecule has 0 amide bonds. The second-order valence-electron chi connectivity index (χ2n) is 2.12. The van der Waals surface area contributed by atoms with Crippen LogP contribution in [0.5, 0.6) is 11.5 Å². The molecule has 0 atom stereocenters. The van der Waals surface area contributed by atoms with Crippen LogP contribution in [0.1, 0.15) is 0 Å². The van der Waals surface area contributed by atoms with E-state index in [2.05, 4.69) is 0 Å². The Morgan fingerprint density at radius 3 is 2.25 bits per heavy atom. The molecular formula is C8H8Cl2O2. The highest BCUT2D eigenvalue weighted by molar-refractivity contribution is 6.35. The van der Waals surface area contributed by atoms with E-state index in [0.29, 0.717) is 21.5 Å². The van der Waals surface area contributed by atoms with Crippen molar-refractivity contribution in [1.82, 2.24) is 0 Å². The zero-order valence-corrected chi connectivity index (χ0v) is 8.24. The fourth-order valence-corrected chi connectivity index (χ4v) is 1.44. The number of halogens is 2. The minimum atomic E-state index is 0.446. The van der Waals surface area contributed by atoms with E-state index >= 15 is 0 Å². The first-order valence-electron chi connectivity index (χ1n) is 3.26. The smallest absolute Gasteiger partial charge is 0.179 e. The van der Waals surface area contributed by atoms with Gasteiger partial charge in [0.25, 0.3) is 0 Å². The lowest BCUT2D eigenvalue weighted by molar-refractivity contribution is 0.355. The maximum atomic E-state index is 5.82. The lowest BCUT2D eigenvalue weighted by atomic mass is 10.3. The van der Waals surface area contributed by atoms with Crippen LogP contribution in [-0.4, -0.2) is 14.2 Å². The van der Waals surface area contributed by atoms with Crippen molar-refractivity contribution >= 4 is 23.2 Å². The Morgan fingerprint density at radius 2 is 1.75 bits per heavy atom. The van der Waals surface area contributed by atoms with E-state index in [0.717, 1.165) is 0 Å². The molecule has 1 rings (SSSR count). The molecule has 0 N–H and O–H groups in total. The van der Waals surface area contributed by atoms with Crippen molar-refractivity contribution in [2.45, 2.75) is 0 Å². The first kappa shape index (κ1) is 9.49. The SMILES string of the molecule is COc1cc(Cl)cc(Cl)c1OC. The monoisotopic (exact) mass is 206 g/mol. The summed E-state index contributed by atoms with van der Waals surface area (Å²) in [7, 11) is 3.06. The molecule has 0 heterocycles. The third kappa shape index (κ3) is 1.76. The fourth-order valence-electron chi connectivity index (χ4n) is 0.886. The highest BCUT2D eigenvalue weighted by Crippen LogP contribution is 2.37. The van der Waals surface area contributed by atoms with Crippen molar-refractivity contribution in [3.63, 3.8) is 0 Å². The Kier molecular flexibility index (Phi) is 3.06. The Morgan fingerprint density at radius 1 is 1.08 bits per heavy atom. The maximum Gasteiger partial charge on any atom is 0.179 e. The van der Waals surface area contributed by atoms with Gasteiger partial charge in [0.05, 0.1) is 19.2 Å². The van der Waals surface area contributed by atoms with E-state index in [9.17, 15) is 0 Å². The van der Waals surface area contributed by atoms with E-state index in [4.69, 9.17) is 32.7 Å². The predicted molar refractivity (Wildman–Crippen MR) is 49.6 cm³/mol. The summed E-state index contributed by atoms with van der Waals surface area (Å²) in [6, 6.07) is 3.25. The van der Waals surface area contributed by atoms with Gasteiger partial charge in [-0.05, 0) is 6.07 Å². The molecule has 12 heavy (non-hydrogen) atoms. The van der Waals surface area contributed by atoms with Crippen LogP contribution in [0.3, 0.4) is 0 Å². The standard InChI is InChI=1S/C8H8Cl2O2/c1-11-7-4-5(9)3-6(10)8(7)12-2/h3-4H,1-2H3. The lowest BCUT2D eigenvalue weighted by Gasteiger charge is -2.08. The second-order valence-corrected chi connectivity index (χ2v) is 2.97. The molecule has 1 aromatic rings. The van der Waals surface area contributed by atoms with Crippen molar-refractivity contribution in [3.8, 4) is 11.5 Å². The van der Waals surface area contributed by atoms with Gasteiger partial charge in [0.2, 0.25) is 0 Å². The van der Waals surface area contributed by atoms with E-state index in [1.807, 2.05) is 0 Å². The molecular weight excluding hydrogens is 199 g/mol. The van der Waals surface area contributed by atoms with Crippen LogP contribution in [0.15, 0.2) is 12.1 Å². The van der Waals surface area contributed by atoms with Crippen molar-refractivity contribution in [2.24, 2.45) is 0 Å². The molecule has 0 fully saturated rings. The average molecular weight is 207 g/mol. The summed E-state index contributed by atoms with van der Waals surface area (Å²) in [4.78, 5) is 0. The highest BCUT2D eigenvalue weighted by atomic mass is 35.5. The van der Waals surface area contributed by atoms with Crippen LogP contribution in [0.25, 0.3) is 0 Å². The third-order valence-electron chi connectivity index (χ3n) is 1.40. The molecule has 0 spiro atoms. The minimum Gasteiger partial charge on any atom is -0.493 e. The van der Waals surface area contributed by atoms with Crippen molar-refractivity contribution in [3.05, 3.63) is 22.2 Å².